The van der Waals surface area contributed by atoms with Crippen LogP contribution in [0.25, 0.3) is 11.4 Å². The van der Waals surface area contributed by atoms with E-state index in [0.717, 1.165) is 0 Å². The molecular weight excluding hydrogens is 292 g/mol. The second kappa shape index (κ2) is 5.05. The van der Waals surface area contributed by atoms with Gasteiger partial charge < -0.3 is 10.0 Å². The third kappa shape index (κ3) is 2.36. The highest BCUT2D eigenvalue weighted by molar-refractivity contribution is 6.28. The van der Waals surface area contributed by atoms with Gasteiger partial charge in [0.25, 0.3) is 5.91 Å². The van der Waals surface area contributed by atoms with Crippen molar-refractivity contribution in [2.45, 2.75) is 12.0 Å². The quantitative estimate of drug-likeness (QED) is 0.845. The van der Waals surface area contributed by atoms with Crippen LogP contribution in [0.4, 0.5) is 0 Å². The van der Waals surface area contributed by atoms with Crippen LogP contribution >= 0.6 is 11.6 Å². The molecule has 1 unspecified atom stereocenters. The van der Waals surface area contributed by atoms with Crippen molar-refractivity contribution in [3.8, 4) is 11.4 Å². The number of nitrogens with zero attached hydrogens (tertiary/aromatic N) is 4. The summed E-state index contributed by atoms with van der Waals surface area (Å²) >= 11 is 5.77. The first-order valence-electron chi connectivity index (χ1n) is 6.45. The van der Waals surface area contributed by atoms with Crippen LogP contribution < -0.4 is 0 Å². The molecule has 7 heteroatoms. The molecule has 1 atom stereocenters. The number of likely N-dealkylation sites (tertiary alicyclic amines) is 1. The lowest BCUT2D eigenvalue weighted by Crippen LogP contribution is -2.36. The standard InChI is InChI=1S/C14H13ClN4O2/c1-19-8-6-14(21,12(19)20)11-4-2-3-9(17-11)10-5-7-16-13(15)18-10/h2-5,7,21H,6,8H2,1H3. The number of hydrogen-bond acceptors (Lipinski definition) is 5. The lowest BCUT2D eigenvalue weighted by molar-refractivity contribution is -0.143. The van der Waals surface area contributed by atoms with Gasteiger partial charge in [0.15, 0.2) is 5.60 Å². The molecule has 0 spiro atoms. The summed E-state index contributed by atoms with van der Waals surface area (Å²) in [7, 11) is 1.66. The molecule has 0 aliphatic carbocycles. The van der Waals surface area contributed by atoms with Gasteiger partial charge in [-0.1, -0.05) is 6.07 Å². The van der Waals surface area contributed by atoms with Gasteiger partial charge >= 0.3 is 0 Å². The first-order chi connectivity index (χ1) is 10.0. The van der Waals surface area contributed by atoms with E-state index in [1.54, 1.807) is 31.3 Å². The molecule has 0 radical (unpaired) electrons. The monoisotopic (exact) mass is 304 g/mol. The summed E-state index contributed by atoms with van der Waals surface area (Å²) in [5.74, 6) is -0.340. The maximum absolute atomic E-state index is 12.1. The highest BCUT2D eigenvalue weighted by Crippen LogP contribution is 2.32. The minimum absolute atomic E-state index is 0.120. The number of carbonyl (C=O) groups excluding carboxylic acids is 1. The van der Waals surface area contributed by atoms with Crippen LogP contribution in [-0.2, 0) is 10.4 Å². The first-order valence-corrected chi connectivity index (χ1v) is 6.83. The van der Waals surface area contributed by atoms with Gasteiger partial charge in [-0.05, 0) is 29.8 Å². The molecule has 0 bridgehead atoms. The molecule has 1 amide bonds. The van der Waals surface area contributed by atoms with E-state index < -0.39 is 5.60 Å². The van der Waals surface area contributed by atoms with Crippen LogP contribution in [0.1, 0.15) is 12.1 Å². The highest BCUT2D eigenvalue weighted by atomic mass is 35.5. The number of amides is 1. The van der Waals surface area contributed by atoms with Crippen LogP contribution in [0.2, 0.25) is 5.28 Å². The third-order valence-corrected chi connectivity index (χ3v) is 3.75. The van der Waals surface area contributed by atoms with E-state index in [9.17, 15) is 9.90 Å². The normalized spacial score (nSPS) is 21.9. The Morgan fingerprint density at radius 3 is 2.71 bits per heavy atom. The summed E-state index contributed by atoms with van der Waals surface area (Å²) < 4.78 is 0. The number of pyridine rings is 1. The Morgan fingerprint density at radius 2 is 2.05 bits per heavy atom. The zero-order valence-electron chi connectivity index (χ0n) is 11.3. The first kappa shape index (κ1) is 13.9. The third-order valence-electron chi connectivity index (χ3n) is 3.57. The number of likely N-dealkylation sites (N-methyl/N-ethyl adjacent to an activating group) is 1. The summed E-state index contributed by atoms with van der Waals surface area (Å²) in [6.07, 6.45) is 1.85. The number of aliphatic hydroxyl groups is 1. The summed E-state index contributed by atoms with van der Waals surface area (Å²) in [5, 5.41) is 10.7. The molecule has 6 nitrogen and oxygen atoms in total. The smallest absolute Gasteiger partial charge is 0.260 e. The van der Waals surface area contributed by atoms with Gasteiger partial charge in [-0.2, -0.15) is 0 Å². The molecule has 1 aliphatic heterocycles. The SMILES string of the molecule is CN1CCC(O)(c2cccc(-c3ccnc(Cl)n3)n2)C1=O. The zero-order valence-corrected chi connectivity index (χ0v) is 12.1. The molecule has 1 saturated heterocycles. The van der Waals surface area contributed by atoms with E-state index >= 15 is 0 Å². The molecule has 0 saturated carbocycles. The topological polar surface area (TPSA) is 79.2 Å². The van der Waals surface area contributed by atoms with Gasteiger partial charge in [-0.3, -0.25) is 4.79 Å². The van der Waals surface area contributed by atoms with Gasteiger partial charge in [0.05, 0.1) is 17.1 Å². The molecule has 3 heterocycles. The lowest BCUT2D eigenvalue weighted by atomic mass is 9.97. The predicted octanol–water partition coefficient (Wildman–Crippen LogP) is 1.24. The fourth-order valence-corrected chi connectivity index (χ4v) is 2.52. The van der Waals surface area contributed by atoms with Crippen LogP contribution in [0.3, 0.4) is 0 Å². The average molecular weight is 305 g/mol. The van der Waals surface area contributed by atoms with Crippen molar-refractivity contribution in [1.29, 1.82) is 0 Å². The molecule has 2 aromatic heterocycles. The molecular formula is C14H13ClN4O2. The Kier molecular flexibility index (Phi) is 3.35. The largest absolute Gasteiger partial charge is 0.374 e. The molecule has 1 aliphatic rings. The predicted molar refractivity (Wildman–Crippen MR) is 76.4 cm³/mol. The molecule has 2 aromatic rings. The Labute approximate surface area is 126 Å². The summed E-state index contributed by atoms with van der Waals surface area (Å²) in [4.78, 5) is 25.9. The number of hydrogen-bond donors (Lipinski definition) is 1. The van der Waals surface area contributed by atoms with Crippen molar-refractivity contribution in [1.82, 2.24) is 19.9 Å². The van der Waals surface area contributed by atoms with E-state index in [2.05, 4.69) is 15.0 Å². The minimum Gasteiger partial charge on any atom is -0.374 e. The van der Waals surface area contributed by atoms with Gasteiger partial charge in [-0.15, -0.1) is 0 Å². The number of aromatic nitrogens is 3. The van der Waals surface area contributed by atoms with Crippen molar-refractivity contribution in [3.05, 3.63) is 41.4 Å². The van der Waals surface area contributed by atoms with Crippen molar-refractivity contribution in [3.63, 3.8) is 0 Å². The van der Waals surface area contributed by atoms with E-state index in [4.69, 9.17) is 11.6 Å². The van der Waals surface area contributed by atoms with E-state index in [1.807, 2.05) is 0 Å². The maximum Gasteiger partial charge on any atom is 0.260 e. The number of rotatable bonds is 2. The van der Waals surface area contributed by atoms with Crippen molar-refractivity contribution in [2.75, 3.05) is 13.6 Å². The Hall–Kier alpha value is -2.05. The van der Waals surface area contributed by atoms with E-state index in [0.29, 0.717) is 30.0 Å². The van der Waals surface area contributed by atoms with E-state index in [1.165, 1.54) is 11.1 Å². The second-order valence-corrected chi connectivity index (χ2v) is 5.29. The highest BCUT2D eigenvalue weighted by Gasteiger charge is 2.46. The van der Waals surface area contributed by atoms with Crippen LogP contribution in [0.15, 0.2) is 30.5 Å². The summed E-state index contributed by atoms with van der Waals surface area (Å²) in [6, 6.07) is 6.79. The second-order valence-electron chi connectivity index (χ2n) is 4.96. The van der Waals surface area contributed by atoms with Gasteiger partial charge in [0.2, 0.25) is 5.28 Å². The molecule has 1 N–H and O–H groups in total. The van der Waals surface area contributed by atoms with E-state index in [-0.39, 0.29) is 11.2 Å². The molecule has 1 fully saturated rings. The minimum atomic E-state index is -1.57. The Morgan fingerprint density at radius 1 is 1.29 bits per heavy atom. The fourth-order valence-electron chi connectivity index (χ4n) is 2.38. The van der Waals surface area contributed by atoms with Gasteiger partial charge in [0.1, 0.15) is 0 Å². The lowest BCUT2D eigenvalue weighted by Gasteiger charge is -2.20. The van der Waals surface area contributed by atoms with Crippen LogP contribution in [0, 0.1) is 0 Å². The summed E-state index contributed by atoms with van der Waals surface area (Å²) in [5.41, 5.74) is -0.169. The summed E-state index contributed by atoms with van der Waals surface area (Å²) in [6.45, 7) is 0.501. The molecule has 3 rings (SSSR count). The number of carbonyl (C=O) groups is 1. The average Bonchev–Trinajstić information content (AvgIpc) is 2.76. The number of halogens is 1. The van der Waals surface area contributed by atoms with Crippen molar-refractivity contribution < 1.29 is 9.90 Å². The molecule has 0 aromatic carbocycles. The molecule has 21 heavy (non-hydrogen) atoms. The zero-order chi connectivity index (χ0) is 15.0. The fraction of sp³-hybridized carbons (Fsp3) is 0.286. The Bertz CT molecular complexity index is 709. The Balaban J connectivity index is 2.03. The maximum atomic E-state index is 12.1. The van der Waals surface area contributed by atoms with Gasteiger partial charge in [-0.25, -0.2) is 15.0 Å². The van der Waals surface area contributed by atoms with Crippen molar-refractivity contribution in [2.24, 2.45) is 0 Å². The molecule has 108 valence electrons. The van der Waals surface area contributed by atoms with Gasteiger partial charge in [0, 0.05) is 26.2 Å². The van der Waals surface area contributed by atoms with Crippen LogP contribution in [0.5, 0.6) is 0 Å². The van der Waals surface area contributed by atoms with Crippen LogP contribution in [-0.4, -0.2) is 44.5 Å². The van der Waals surface area contributed by atoms with Crippen molar-refractivity contribution >= 4 is 17.5 Å².